The molecule has 1 aliphatic rings. The second kappa shape index (κ2) is 7.21. The summed E-state index contributed by atoms with van der Waals surface area (Å²) in [6.45, 7) is 3.91. The summed E-state index contributed by atoms with van der Waals surface area (Å²) in [4.78, 5) is 15.4. The highest BCUT2D eigenvalue weighted by molar-refractivity contribution is 5.81. The van der Waals surface area contributed by atoms with E-state index in [4.69, 9.17) is 10.8 Å². The maximum absolute atomic E-state index is 11.1. The van der Waals surface area contributed by atoms with Gasteiger partial charge in [-0.15, -0.1) is 0 Å². The summed E-state index contributed by atoms with van der Waals surface area (Å²) in [6, 6.07) is 0. The molecule has 0 amide bonds. The van der Waals surface area contributed by atoms with Crippen LogP contribution in [0.2, 0.25) is 0 Å². The topological polar surface area (TPSA) is 75.7 Å². The van der Waals surface area contributed by atoms with Crippen molar-refractivity contribution in [2.75, 3.05) is 6.54 Å². The number of unbranched alkanes of at least 4 members (excludes halogenated alkanes) is 1. The molecular weight excluding hydrogens is 242 g/mol. The van der Waals surface area contributed by atoms with Crippen molar-refractivity contribution in [3.05, 3.63) is 24.6 Å². The maximum atomic E-state index is 11.1. The number of carbonyl (C=O) groups is 1. The third-order valence-corrected chi connectivity index (χ3v) is 3.32. The molecule has 0 spiro atoms. The second-order valence-corrected chi connectivity index (χ2v) is 4.87. The summed E-state index contributed by atoms with van der Waals surface area (Å²) >= 11 is 0. The third-order valence-electron chi connectivity index (χ3n) is 3.32. The van der Waals surface area contributed by atoms with Crippen molar-refractivity contribution in [3.63, 3.8) is 0 Å². The average Bonchev–Trinajstić information content (AvgIpc) is 2.72. The largest absolute Gasteiger partial charge is 0.477 e. The Labute approximate surface area is 114 Å². The molecule has 5 nitrogen and oxygen atoms in total. The van der Waals surface area contributed by atoms with Gasteiger partial charge >= 0.3 is 5.97 Å². The van der Waals surface area contributed by atoms with Crippen molar-refractivity contribution >= 4 is 11.8 Å². The first-order valence-electron chi connectivity index (χ1n) is 6.77. The summed E-state index contributed by atoms with van der Waals surface area (Å²) < 4.78 is 0.136. The number of hydrogen-bond acceptors (Lipinski definition) is 3. The number of nitrogens with zero attached hydrogens (tertiary/aromatic N) is 2. The Kier molecular flexibility index (Phi) is 5.92. The highest BCUT2D eigenvalue weighted by atomic mass is 16.4. The molecule has 2 atom stereocenters. The van der Waals surface area contributed by atoms with E-state index in [2.05, 4.69) is 24.1 Å². The van der Waals surface area contributed by atoms with Crippen LogP contribution in [0.3, 0.4) is 0 Å². The number of aliphatic imine (C=N–C) groups is 1. The summed E-state index contributed by atoms with van der Waals surface area (Å²) in [7, 11) is 0. The number of carboxylic acids is 1. The minimum absolute atomic E-state index is 0.0499. The molecule has 1 aliphatic heterocycles. The number of allylic oxidation sites excluding steroid dienone is 2. The fraction of sp³-hybridized carbons (Fsp3) is 0.571. The third kappa shape index (κ3) is 4.01. The Morgan fingerprint density at radius 2 is 2.21 bits per heavy atom. The first-order chi connectivity index (χ1) is 9.03. The van der Waals surface area contributed by atoms with Crippen molar-refractivity contribution in [2.45, 2.75) is 45.7 Å². The van der Waals surface area contributed by atoms with E-state index in [1.165, 1.54) is 0 Å². The van der Waals surface area contributed by atoms with Gasteiger partial charge in [0.25, 0.3) is 0 Å². The zero-order valence-corrected chi connectivity index (χ0v) is 11.7. The molecule has 0 aromatic rings. The van der Waals surface area contributed by atoms with Gasteiger partial charge in [0, 0.05) is 13.3 Å². The lowest BCUT2D eigenvalue weighted by molar-refractivity contribution is -0.805. The molecule has 0 saturated carbocycles. The van der Waals surface area contributed by atoms with Crippen molar-refractivity contribution in [1.29, 1.82) is 0 Å². The summed E-state index contributed by atoms with van der Waals surface area (Å²) in [5.74, 6) is -0.0309. The van der Waals surface area contributed by atoms with Crippen LogP contribution in [0.25, 0.3) is 0 Å². The monoisotopic (exact) mass is 266 g/mol. The minimum atomic E-state index is -0.863. The molecule has 2 unspecified atom stereocenters. The predicted octanol–water partition coefficient (Wildman–Crippen LogP) is 2.21. The Morgan fingerprint density at radius 1 is 1.53 bits per heavy atom. The van der Waals surface area contributed by atoms with Gasteiger partial charge in [0.1, 0.15) is 12.4 Å². The average molecular weight is 266 g/mol. The summed E-state index contributed by atoms with van der Waals surface area (Å²) in [6.07, 6.45) is 11.2. The molecule has 0 aromatic heterocycles. The van der Waals surface area contributed by atoms with Gasteiger partial charge in [-0.05, 0) is 12.8 Å². The number of rotatable bonds is 8. The van der Waals surface area contributed by atoms with Crippen LogP contribution in [0.1, 0.15) is 39.5 Å². The zero-order valence-electron chi connectivity index (χ0n) is 11.7. The number of quaternary nitrogens is 1. The molecule has 0 fully saturated rings. The predicted molar refractivity (Wildman–Crippen MR) is 76.3 cm³/mol. The summed E-state index contributed by atoms with van der Waals surface area (Å²) in [5, 5.41) is 9.07. The highest BCUT2D eigenvalue weighted by Gasteiger charge is 2.40. The first kappa shape index (κ1) is 15.6. The van der Waals surface area contributed by atoms with E-state index < -0.39 is 5.97 Å². The molecule has 0 aliphatic carbocycles. The Hall–Kier alpha value is -1.46. The van der Waals surface area contributed by atoms with Gasteiger partial charge in [0.2, 0.25) is 5.84 Å². The van der Waals surface area contributed by atoms with E-state index in [1.807, 2.05) is 6.92 Å². The van der Waals surface area contributed by atoms with E-state index >= 15 is 0 Å². The van der Waals surface area contributed by atoms with Crippen LogP contribution in [-0.2, 0) is 4.79 Å². The molecule has 0 bridgehead atoms. The van der Waals surface area contributed by atoms with Crippen LogP contribution < -0.4 is 5.73 Å². The quantitative estimate of drug-likeness (QED) is 0.522. The van der Waals surface area contributed by atoms with Crippen LogP contribution in [0.15, 0.2) is 29.5 Å². The zero-order chi connectivity index (χ0) is 14.3. The van der Waals surface area contributed by atoms with Crippen molar-refractivity contribution in [2.24, 2.45) is 10.7 Å². The van der Waals surface area contributed by atoms with Crippen molar-refractivity contribution in [3.8, 4) is 0 Å². The maximum Gasteiger partial charge on any atom is 0.360 e. The van der Waals surface area contributed by atoms with Crippen LogP contribution in [0.5, 0.6) is 0 Å². The van der Waals surface area contributed by atoms with Gasteiger partial charge in [-0.1, -0.05) is 25.5 Å². The van der Waals surface area contributed by atoms with Gasteiger partial charge in [0.15, 0.2) is 6.54 Å². The van der Waals surface area contributed by atoms with Crippen LogP contribution >= 0.6 is 0 Å². The van der Waals surface area contributed by atoms with E-state index in [0.29, 0.717) is 0 Å². The Bertz CT molecular complexity index is 399. The van der Waals surface area contributed by atoms with Crippen molar-refractivity contribution in [1.82, 2.24) is 0 Å². The number of aliphatic carboxylic acids is 1. The normalized spacial score (nSPS) is 23.8. The standard InChI is InChI=1S/C14H23N3O2/c1-3-4-5-6-7-8-13-16-9-10-17(13,12(2)15)11-14(18)19/h5-6,9-10,12H,3-4,7-8,11,15H2,1-2H3/p+1/b6-5+. The first-order valence-corrected chi connectivity index (χ1v) is 6.77. The van der Waals surface area contributed by atoms with E-state index in [-0.39, 0.29) is 17.2 Å². The number of amidine groups is 1. The summed E-state index contributed by atoms with van der Waals surface area (Å²) in [5.41, 5.74) is 5.98. The Balaban J connectivity index is 2.68. The number of nitrogens with two attached hydrogens (primary N) is 1. The molecule has 3 N–H and O–H groups in total. The fourth-order valence-electron chi connectivity index (χ4n) is 2.20. The molecule has 5 heteroatoms. The van der Waals surface area contributed by atoms with Crippen LogP contribution in [0, 0.1) is 0 Å². The van der Waals surface area contributed by atoms with Gasteiger partial charge in [0.05, 0.1) is 6.20 Å². The molecule has 1 rings (SSSR count). The number of hydrogen-bond donors (Lipinski definition) is 2. The molecule has 19 heavy (non-hydrogen) atoms. The molecule has 106 valence electrons. The fourth-order valence-corrected chi connectivity index (χ4v) is 2.20. The van der Waals surface area contributed by atoms with Gasteiger partial charge in [-0.3, -0.25) is 5.73 Å². The SMILES string of the molecule is CCC/C=C/CCC1=NC=C[N+]1(CC(=O)O)C(C)N. The molecule has 0 radical (unpaired) electrons. The Morgan fingerprint density at radius 3 is 2.79 bits per heavy atom. The van der Waals surface area contributed by atoms with Crippen LogP contribution in [0.4, 0.5) is 0 Å². The molecular formula is C14H24N3O2+. The van der Waals surface area contributed by atoms with Gasteiger partial charge in [-0.2, -0.15) is 0 Å². The lowest BCUT2D eigenvalue weighted by Crippen LogP contribution is -2.59. The number of carboxylic acid groups (broad SMARTS) is 1. The smallest absolute Gasteiger partial charge is 0.360 e. The second-order valence-electron chi connectivity index (χ2n) is 4.87. The molecule has 1 heterocycles. The van der Waals surface area contributed by atoms with Gasteiger partial charge in [-0.25, -0.2) is 14.3 Å². The lowest BCUT2D eigenvalue weighted by atomic mass is 10.2. The molecule has 0 aromatic carbocycles. The van der Waals surface area contributed by atoms with E-state index in [0.717, 1.165) is 31.5 Å². The van der Waals surface area contributed by atoms with Crippen LogP contribution in [-0.4, -0.2) is 34.1 Å². The van der Waals surface area contributed by atoms with Gasteiger partial charge < -0.3 is 5.11 Å². The molecule has 0 saturated heterocycles. The highest BCUT2D eigenvalue weighted by Crippen LogP contribution is 2.22. The van der Waals surface area contributed by atoms with E-state index in [1.54, 1.807) is 12.4 Å². The van der Waals surface area contributed by atoms with E-state index in [9.17, 15) is 4.79 Å². The lowest BCUT2D eigenvalue weighted by Gasteiger charge is -2.34. The minimum Gasteiger partial charge on any atom is -0.477 e. The van der Waals surface area contributed by atoms with Crippen molar-refractivity contribution < 1.29 is 14.4 Å².